The van der Waals surface area contributed by atoms with Gasteiger partial charge in [-0.05, 0) is 30.3 Å². The molecular weight excluding hydrogens is 420 g/mol. The molecule has 0 radical (unpaired) electrons. The van der Waals surface area contributed by atoms with E-state index in [0.29, 0.717) is 18.6 Å². The second kappa shape index (κ2) is 9.38. The average molecular weight is 453 g/mol. The minimum absolute atomic E-state index is 0.0614. The summed E-state index contributed by atoms with van der Waals surface area (Å²) in [6.07, 6.45) is 0.339. The Morgan fingerprint density at radius 2 is 1.53 bits per heavy atom. The molecule has 0 aliphatic carbocycles. The molecule has 1 aromatic heterocycles. The highest BCUT2D eigenvalue weighted by Gasteiger charge is 2.37. The lowest BCUT2D eigenvalue weighted by molar-refractivity contribution is -0.143. The van der Waals surface area contributed by atoms with Crippen LogP contribution in [-0.2, 0) is 14.0 Å². The van der Waals surface area contributed by atoms with Crippen LogP contribution in [0.1, 0.15) is 37.6 Å². The van der Waals surface area contributed by atoms with Gasteiger partial charge in [-0.1, -0.05) is 57.2 Å². The number of nitrogens with one attached hydrogen (secondary N) is 1. The lowest BCUT2D eigenvalue weighted by Gasteiger charge is -2.36. The Bertz CT molecular complexity index is 1080. The van der Waals surface area contributed by atoms with Crippen molar-refractivity contribution in [3.05, 3.63) is 54.1 Å². The van der Waals surface area contributed by atoms with Crippen molar-refractivity contribution in [1.29, 1.82) is 0 Å². The standard InChI is InChI=1S/C25H32N2O4Si/c1-25(2,3)32(5,6)31-16-15-21(24(29)30-4)27-23(28)22-17-11-7-9-13-19(17)26-20-14-10-8-12-18(20)22/h7-14,21H,15-16H2,1-6H3,(H,27,28)/t21-/m1/s1. The van der Waals surface area contributed by atoms with Gasteiger partial charge in [-0.2, -0.15) is 0 Å². The largest absolute Gasteiger partial charge is 0.467 e. The number of methoxy groups -OCH3 is 1. The number of aromatic nitrogens is 1. The van der Waals surface area contributed by atoms with Gasteiger partial charge in [-0.3, -0.25) is 4.79 Å². The average Bonchev–Trinajstić information content (AvgIpc) is 2.75. The number of fused-ring (bicyclic) bond motifs is 2. The van der Waals surface area contributed by atoms with Gasteiger partial charge in [-0.15, -0.1) is 0 Å². The van der Waals surface area contributed by atoms with Gasteiger partial charge >= 0.3 is 5.97 Å². The van der Waals surface area contributed by atoms with Crippen LogP contribution in [0.15, 0.2) is 48.5 Å². The number of amides is 1. The smallest absolute Gasteiger partial charge is 0.328 e. The van der Waals surface area contributed by atoms with E-state index < -0.39 is 20.3 Å². The first-order valence-corrected chi connectivity index (χ1v) is 13.8. The fraction of sp³-hybridized carbons (Fsp3) is 0.400. The van der Waals surface area contributed by atoms with E-state index in [-0.39, 0.29) is 10.9 Å². The highest BCUT2D eigenvalue weighted by molar-refractivity contribution is 6.74. The number of ether oxygens (including phenoxy) is 1. The third-order valence-corrected chi connectivity index (χ3v) is 10.8. The van der Waals surface area contributed by atoms with Crippen LogP contribution in [0.5, 0.6) is 0 Å². The van der Waals surface area contributed by atoms with Gasteiger partial charge in [0.05, 0.1) is 23.7 Å². The van der Waals surface area contributed by atoms with Gasteiger partial charge in [0.15, 0.2) is 8.32 Å². The summed E-state index contributed by atoms with van der Waals surface area (Å²) in [4.78, 5) is 30.6. The van der Waals surface area contributed by atoms with E-state index in [9.17, 15) is 9.59 Å². The predicted molar refractivity (Wildman–Crippen MR) is 130 cm³/mol. The van der Waals surface area contributed by atoms with Gasteiger partial charge in [0.2, 0.25) is 0 Å². The summed E-state index contributed by atoms with van der Waals surface area (Å²) in [7, 11) is -0.639. The molecule has 1 amide bonds. The Labute approximate surface area is 190 Å². The molecule has 6 nitrogen and oxygen atoms in total. The van der Waals surface area contributed by atoms with Crippen molar-refractivity contribution in [2.75, 3.05) is 13.7 Å². The summed E-state index contributed by atoms with van der Waals surface area (Å²) >= 11 is 0. The first-order chi connectivity index (χ1) is 15.0. The zero-order valence-electron chi connectivity index (χ0n) is 19.7. The number of hydrogen-bond acceptors (Lipinski definition) is 5. The normalized spacial score (nSPS) is 13.2. The summed E-state index contributed by atoms with van der Waals surface area (Å²) in [5.41, 5.74) is 1.96. The summed E-state index contributed by atoms with van der Waals surface area (Å²) in [6, 6.07) is 14.2. The number of para-hydroxylation sites is 2. The van der Waals surface area contributed by atoms with Crippen LogP contribution >= 0.6 is 0 Å². The molecule has 3 aromatic rings. The molecule has 0 saturated heterocycles. The van der Waals surface area contributed by atoms with E-state index in [4.69, 9.17) is 9.16 Å². The van der Waals surface area contributed by atoms with Crippen LogP contribution in [0.25, 0.3) is 21.8 Å². The highest BCUT2D eigenvalue weighted by atomic mass is 28.4. The molecule has 170 valence electrons. The predicted octanol–water partition coefficient (Wildman–Crippen LogP) is 5.07. The molecule has 0 saturated carbocycles. The summed E-state index contributed by atoms with van der Waals surface area (Å²) < 4.78 is 11.2. The van der Waals surface area contributed by atoms with Crippen LogP contribution < -0.4 is 5.32 Å². The zero-order valence-corrected chi connectivity index (χ0v) is 20.7. The molecule has 7 heteroatoms. The molecule has 3 rings (SSSR count). The lowest BCUT2D eigenvalue weighted by atomic mass is 10.0. The molecule has 0 unspecified atom stereocenters. The van der Waals surface area contributed by atoms with Crippen LogP contribution in [0.3, 0.4) is 0 Å². The second-order valence-electron chi connectivity index (χ2n) is 9.47. The quantitative estimate of drug-likeness (QED) is 0.308. The van der Waals surface area contributed by atoms with E-state index in [0.717, 1.165) is 21.8 Å². The fourth-order valence-electron chi connectivity index (χ4n) is 3.35. The van der Waals surface area contributed by atoms with Crippen molar-refractivity contribution in [3.63, 3.8) is 0 Å². The third kappa shape index (κ3) is 5.00. The van der Waals surface area contributed by atoms with Gasteiger partial charge in [-0.25, -0.2) is 9.78 Å². The van der Waals surface area contributed by atoms with Crippen molar-refractivity contribution < 1.29 is 18.8 Å². The molecule has 32 heavy (non-hydrogen) atoms. The maximum Gasteiger partial charge on any atom is 0.328 e. The first kappa shape index (κ1) is 23.9. The highest BCUT2D eigenvalue weighted by Crippen LogP contribution is 2.36. The molecule has 0 fully saturated rings. The van der Waals surface area contributed by atoms with Gasteiger partial charge in [0.25, 0.3) is 5.91 Å². The SMILES string of the molecule is COC(=O)[C@@H](CCO[Si](C)(C)C(C)(C)C)NC(=O)c1c2ccccc2nc2ccccc12. The summed E-state index contributed by atoms with van der Waals surface area (Å²) in [5.74, 6) is -0.817. The topological polar surface area (TPSA) is 77.5 Å². The van der Waals surface area contributed by atoms with E-state index in [2.05, 4.69) is 44.2 Å². The number of carbonyl (C=O) groups excluding carboxylic acids is 2. The number of esters is 1. The van der Waals surface area contributed by atoms with Crippen molar-refractivity contribution in [3.8, 4) is 0 Å². The van der Waals surface area contributed by atoms with E-state index in [1.165, 1.54) is 7.11 Å². The number of rotatable bonds is 7. The number of benzene rings is 2. The number of hydrogen-bond donors (Lipinski definition) is 1. The number of pyridine rings is 1. The van der Waals surface area contributed by atoms with Crippen LogP contribution in [-0.4, -0.2) is 44.9 Å². The Kier molecular flexibility index (Phi) is 7.00. The maximum absolute atomic E-state index is 13.4. The second-order valence-corrected chi connectivity index (χ2v) is 14.3. The number of nitrogens with zero attached hydrogens (tertiary/aromatic N) is 1. The maximum atomic E-state index is 13.4. The fourth-order valence-corrected chi connectivity index (χ4v) is 4.42. The van der Waals surface area contributed by atoms with Gasteiger partial charge in [0.1, 0.15) is 6.04 Å². The molecule has 0 bridgehead atoms. The zero-order chi connectivity index (χ0) is 23.5. The Hall–Kier alpha value is -2.77. The van der Waals surface area contributed by atoms with E-state index in [1.807, 2.05) is 48.5 Å². The van der Waals surface area contributed by atoms with E-state index >= 15 is 0 Å². The Balaban J connectivity index is 1.88. The molecule has 0 spiro atoms. The molecule has 1 heterocycles. The monoisotopic (exact) mass is 452 g/mol. The molecule has 0 aliphatic heterocycles. The molecular formula is C25H32N2O4Si. The van der Waals surface area contributed by atoms with Crippen LogP contribution in [0, 0.1) is 0 Å². The molecule has 1 N–H and O–H groups in total. The molecule has 0 aliphatic rings. The van der Waals surface area contributed by atoms with Crippen molar-refractivity contribution in [1.82, 2.24) is 10.3 Å². The van der Waals surface area contributed by atoms with Crippen LogP contribution in [0.4, 0.5) is 0 Å². The van der Waals surface area contributed by atoms with Crippen molar-refractivity contribution in [2.24, 2.45) is 0 Å². The molecule has 2 aromatic carbocycles. The molecule has 1 atom stereocenters. The first-order valence-electron chi connectivity index (χ1n) is 10.9. The Morgan fingerprint density at radius 3 is 2.03 bits per heavy atom. The van der Waals surface area contributed by atoms with Crippen molar-refractivity contribution >= 4 is 42.0 Å². The summed E-state index contributed by atoms with van der Waals surface area (Å²) in [6.45, 7) is 11.2. The lowest BCUT2D eigenvalue weighted by Crippen LogP contribution is -2.45. The van der Waals surface area contributed by atoms with Gasteiger partial charge in [0, 0.05) is 23.8 Å². The van der Waals surface area contributed by atoms with Crippen LogP contribution in [0.2, 0.25) is 18.1 Å². The van der Waals surface area contributed by atoms with E-state index in [1.54, 1.807) is 0 Å². The minimum Gasteiger partial charge on any atom is -0.467 e. The third-order valence-electron chi connectivity index (χ3n) is 6.28. The minimum atomic E-state index is -1.97. The Morgan fingerprint density at radius 1 is 1.00 bits per heavy atom. The summed E-state index contributed by atoms with van der Waals surface area (Å²) in [5, 5.41) is 4.43. The van der Waals surface area contributed by atoms with Crippen molar-refractivity contribution in [2.45, 2.75) is 51.4 Å². The van der Waals surface area contributed by atoms with Gasteiger partial charge < -0.3 is 14.5 Å². The number of carbonyl (C=O) groups is 2.